The van der Waals surface area contributed by atoms with Crippen LogP contribution < -0.4 is 10.6 Å². The van der Waals surface area contributed by atoms with Crippen molar-refractivity contribution in [1.29, 1.82) is 0 Å². The monoisotopic (exact) mass is 255 g/mol. The first-order chi connectivity index (χ1) is 8.04. The lowest BCUT2D eigenvalue weighted by atomic mass is 10.2. The zero-order valence-electron chi connectivity index (χ0n) is 10.2. The molecular formula is C11H17N3O2S. The molecule has 0 saturated carbocycles. The molecule has 94 valence electrons. The maximum atomic E-state index is 11.8. The van der Waals surface area contributed by atoms with Crippen molar-refractivity contribution in [3.8, 4) is 0 Å². The van der Waals surface area contributed by atoms with Crippen molar-refractivity contribution in [2.45, 2.75) is 12.2 Å². The van der Waals surface area contributed by atoms with Crippen LogP contribution in [0.25, 0.3) is 0 Å². The molecule has 2 N–H and O–H groups in total. The van der Waals surface area contributed by atoms with Crippen LogP contribution in [-0.4, -0.2) is 40.2 Å². The standard InChI is InChI=1S/C11H17N3O2S/c1-8(17(3)16)7-14-11(15)9-4-5-13-10(6-9)12-2/h4-6,8H,7H2,1-3H3,(H,12,13)(H,14,15). The molecule has 1 heterocycles. The van der Waals surface area contributed by atoms with E-state index in [0.717, 1.165) is 0 Å². The molecule has 1 amide bonds. The van der Waals surface area contributed by atoms with Gasteiger partial charge < -0.3 is 10.6 Å². The minimum atomic E-state index is -0.929. The molecule has 0 radical (unpaired) electrons. The second-order valence-electron chi connectivity index (χ2n) is 3.70. The second-order valence-corrected chi connectivity index (χ2v) is 5.50. The number of carbonyl (C=O) groups is 1. The predicted molar refractivity (Wildman–Crippen MR) is 69.6 cm³/mol. The van der Waals surface area contributed by atoms with Crippen LogP contribution in [0.1, 0.15) is 17.3 Å². The predicted octanol–water partition coefficient (Wildman–Crippen LogP) is 0.620. The Hall–Kier alpha value is -1.43. The molecule has 0 aliphatic carbocycles. The molecule has 1 rings (SSSR count). The van der Waals surface area contributed by atoms with E-state index in [1.165, 1.54) is 0 Å². The highest BCUT2D eigenvalue weighted by Crippen LogP contribution is 2.05. The van der Waals surface area contributed by atoms with E-state index >= 15 is 0 Å². The molecule has 0 spiro atoms. The van der Waals surface area contributed by atoms with E-state index in [0.29, 0.717) is 17.9 Å². The van der Waals surface area contributed by atoms with Crippen LogP contribution in [0.3, 0.4) is 0 Å². The van der Waals surface area contributed by atoms with Gasteiger partial charge >= 0.3 is 0 Å². The van der Waals surface area contributed by atoms with Crippen molar-refractivity contribution in [2.75, 3.05) is 25.2 Å². The number of pyridine rings is 1. The Balaban J connectivity index is 2.60. The Morgan fingerprint density at radius 1 is 1.59 bits per heavy atom. The number of rotatable bonds is 5. The third-order valence-electron chi connectivity index (χ3n) is 2.39. The third kappa shape index (κ3) is 4.14. The number of hydrogen-bond donors (Lipinski definition) is 2. The van der Waals surface area contributed by atoms with Crippen molar-refractivity contribution in [3.63, 3.8) is 0 Å². The Kier molecular flexibility index (Phi) is 5.09. The summed E-state index contributed by atoms with van der Waals surface area (Å²) in [6.07, 6.45) is 3.20. The Bertz CT molecular complexity index is 423. The number of nitrogens with one attached hydrogen (secondary N) is 2. The van der Waals surface area contributed by atoms with Gasteiger partial charge in [-0.25, -0.2) is 4.98 Å². The van der Waals surface area contributed by atoms with Crippen LogP contribution in [0, 0.1) is 0 Å². The maximum absolute atomic E-state index is 11.8. The van der Waals surface area contributed by atoms with Crippen molar-refractivity contribution in [1.82, 2.24) is 10.3 Å². The van der Waals surface area contributed by atoms with E-state index in [2.05, 4.69) is 15.6 Å². The summed E-state index contributed by atoms with van der Waals surface area (Å²) in [5, 5.41) is 5.56. The van der Waals surface area contributed by atoms with Crippen molar-refractivity contribution < 1.29 is 9.00 Å². The van der Waals surface area contributed by atoms with Crippen LogP contribution in [-0.2, 0) is 10.8 Å². The summed E-state index contributed by atoms with van der Waals surface area (Å²) in [5.74, 6) is 0.464. The van der Waals surface area contributed by atoms with Gasteiger partial charge in [-0.3, -0.25) is 9.00 Å². The molecule has 0 aliphatic rings. The van der Waals surface area contributed by atoms with E-state index in [-0.39, 0.29) is 11.2 Å². The van der Waals surface area contributed by atoms with Gasteiger partial charge in [-0.2, -0.15) is 0 Å². The largest absolute Gasteiger partial charge is 0.373 e. The number of amides is 1. The molecule has 1 aromatic heterocycles. The van der Waals surface area contributed by atoms with Crippen LogP contribution in [0.2, 0.25) is 0 Å². The fraction of sp³-hybridized carbons (Fsp3) is 0.455. The quantitative estimate of drug-likeness (QED) is 0.809. The maximum Gasteiger partial charge on any atom is 0.251 e. The Morgan fingerprint density at radius 2 is 2.29 bits per heavy atom. The molecule has 2 atom stereocenters. The van der Waals surface area contributed by atoms with Gasteiger partial charge in [0.05, 0.1) is 0 Å². The van der Waals surface area contributed by atoms with E-state index < -0.39 is 10.8 Å². The van der Waals surface area contributed by atoms with Crippen LogP contribution in [0.15, 0.2) is 18.3 Å². The zero-order valence-corrected chi connectivity index (χ0v) is 11.0. The summed E-state index contributed by atoms with van der Waals surface area (Å²) in [6, 6.07) is 3.31. The lowest BCUT2D eigenvalue weighted by molar-refractivity contribution is 0.0954. The van der Waals surface area contributed by atoms with Gasteiger partial charge in [-0.05, 0) is 19.1 Å². The van der Waals surface area contributed by atoms with Gasteiger partial charge in [-0.1, -0.05) is 0 Å². The van der Waals surface area contributed by atoms with E-state index in [9.17, 15) is 9.00 Å². The molecule has 0 aromatic carbocycles. The van der Waals surface area contributed by atoms with Gasteiger partial charge in [0.2, 0.25) is 0 Å². The molecule has 2 unspecified atom stereocenters. The fourth-order valence-electron chi connectivity index (χ4n) is 1.16. The molecular weight excluding hydrogens is 238 g/mol. The van der Waals surface area contributed by atoms with Gasteiger partial charge in [0.1, 0.15) is 5.82 Å². The highest BCUT2D eigenvalue weighted by Gasteiger charge is 2.10. The van der Waals surface area contributed by atoms with E-state index in [1.54, 1.807) is 31.6 Å². The highest BCUT2D eigenvalue weighted by atomic mass is 32.2. The molecule has 17 heavy (non-hydrogen) atoms. The van der Waals surface area contributed by atoms with Crippen LogP contribution >= 0.6 is 0 Å². The number of hydrogen-bond acceptors (Lipinski definition) is 4. The summed E-state index contributed by atoms with van der Waals surface area (Å²) in [5.41, 5.74) is 0.540. The molecule has 0 aliphatic heterocycles. The Labute approximate surface area is 103 Å². The molecule has 0 fully saturated rings. The number of aromatic nitrogens is 1. The van der Waals surface area contributed by atoms with Crippen molar-refractivity contribution in [3.05, 3.63) is 23.9 Å². The second kappa shape index (κ2) is 6.34. The van der Waals surface area contributed by atoms with Crippen molar-refractivity contribution >= 4 is 22.5 Å². The lowest BCUT2D eigenvalue weighted by Crippen LogP contribution is -2.32. The number of anilines is 1. The average Bonchev–Trinajstić information content (AvgIpc) is 2.35. The van der Waals surface area contributed by atoms with Crippen molar-refractivity contribution in [2.24, 2.45) is 0 Å². The van der Waals surface area contributed by atoms with E-state index in [4.69, 9.17) is 0 Å². The van der Waals surface area contributed by atoms with Gasteiger partial charge in [0.15, 0.2) is 0 Å². The van der Waals surface area contributed by atoms with Crippen LogP contribution in [0.4, 0.5) is 5.82 Å². The summed E-state index contributed by atoms with van der Waals surface area (Å²) < 4.78 is 11.1. The van der Waals surface area contributed by atoms with Gasteiger partial charge in [0, 0.05) is 47.7 Å². The normalized spacial score (nSPS) is 13.8. The SMILES string of the molecule is CNc1cc(C(=O)NCC(C)S(C)=O)ccn1. The van der Waals surface area contributed by atoms with Gasteiger partial charge in [0.25, 0.3) is 5.91 Å². The average molecular weight is 255 g/mol. The number of nitrogens with zero attached hydrogens (tertiary/aromatic N) is 1. The summed E-state index contributed by atoms with van der Waals surface area (Å²) in [6.45, 7) is 2.24. The Morgan fingerprint density at radius 3 is 2.88 bits per heavy atom. The molecule has 0 saturated heterocycles. The van der Waals surface area contributed by atoms with Crippen LogP contribution in [0.5, 0.6) is 0 Å². The summed E-state index contributed by atoms with van der Waals surface area (Å²) >= 11 is 0. The first-order valence-electron chi connectivity index (χ1n) is 5.29. The first kappa shape index (κ1) is 13.6. The van der Waals surface area contributed by atoms with Gasteiger partial charge in [-0.15, -0.1) is 0 Å². The minimum Gasteiger partial charge on any atom is -0.373 e. The number of carbonyl (C=O) groups excluding carboxylic acids is 1. The molecule has 6 heteroatoms. The van der Waals surface area contributed by atoms with E-state index in [1.807, 2.05) is 6.92 Å². The molecule has 5 nitrogen and oxygen atoms in total. The lowest BCUT2D eigenvalue weighted by Gasteiger charge is -2.10. The zero-order chi connectivity index (χ0) is 12.8. The molecule has 0 bridgehead atoms. The topological polar surface area (TPSA) is 71.1 Å². The summed E-state index contributed by atoms with van der Waals surface area (Å²) in [4.78, 5) is 15.8. The smallest absolute Gasteiger partial charge is 0.251 e. The highest BCUT2D eigenvalue weighted by molar-refractivity contribution is 7.84. The minimum absolute atomic E-state index is 0.0513. The third-order valence-corrected chi connectivity index (χ3v) is 3.69. The summed E-state index contributed by atoms with van der Waals surface area (Å²) in [7, 11) is 0.814. The molecule has 1 aromatic rings. The fourth-order valence-corrected chi connectivity index (χ4v) is 1.48. The first-order valence-corrected chi connectivity index (χ1v) is 6.91.